The van der Waals surface area contributed by atoms with Gasteiger partial charge in [0.1, 0.15) is 5.75 Å². The predicted octanol–water partition coefficient (Wildman–Crippen LogP) is 4.17. The molecule has 0 unspecified atom stereocenters. The second-order valence-electron chi connectivity index (χ2n) is 6.07. The van der Waals surface area contributed by atoms with E-state index in [4.69, 9.17) is 0 Å². The first-order valence-corrected chi connectivity index (χ1v) is 6.17. The summed E-state index contributed by atoms with van der Waals surface area (Å²) in [7, 11) is 0. The van der Waals surface area contributed by atoms with E-state index < -0.39 is 0 Å². The fourth-order valence-electron chi connectivity index (χ4n) is 2.99. The monoisotopic (exact) mass is 218 g/mol. The Balaban J connectivity index is 2.47. The van der Waals surface area contributed by atoms with Crippen molar-refractivity contribution in [3.05, 3.63) is 29.3 Å². The number of phenolic OH excluding ortho intramolecular Hbond substituents is 1. The Hall–Kier alpha value is -0.980. The minimum atomic E-state index is 0.207. The number of hydrogen-bond donors (Lipinski definition) is 1. The van der Waals surface area contributed by atoms with Crippen LogP contribution in [0.5, 0.6) is 5.75 Å². The summed E-state index contributed by atoms with van der Waals surface area (Å²) < 4.78 is 0. The fourth-order valence-corrected chi connectivity index (χ4v) is 2.99. The highest BCUT2D eigenvalue weighted by Crippen LogP contribution is 2.54. The Morgan fingerprint density at radius 1 is 1.12 bits per heavy atom. The van der Waals surface area contributed by atoms with Crippen LogP contribution in [-0.2, 0) is 5.41 Å². The molecule has 1 atom stereocenters. The molecular formula is C15H22O. The van der Waals surface area contributed by atoms with Gasteiger partial charge in [-0.2, -0.15) is 0 Å². The van der Waals surface area contributed by atoms with Gasteiger partial charge in [-0.05, 0) is 47.8 Å². The molecular weight excluding hydrogens is 196 g/mol. The molecule has 88 valence electrons. The summed E-state index contributed by atoms with van der Waals surface area (Å²) in [5.74, 6) is 0.432. The van der Waals surface area contributed by atoms with Gasteiger partial charge in [0.25, 0.3) is 0 Å². The van der Waals surface area contributed by atoms with Crippen LogP contribution < -0.4 is 0 Å². The molecule has 0 aliphatic heterocycles. The Morgan fingerprint density at radius 2 is 1.81 bits per heavy atom. The molecule has 1 saturated carbocycles. The van der Waals surface area contributed by atoms with E-state index in [1.54, 1.807) is 0 Å². The van der Waals surface area contributed by atoms with Crippen molar-refractivity contribution in [2.45, 2.75) is 52.4 Å². The lowest BCUT2D eigenvalue weighted by molar-refractivity contribution is 0.224. The molecule has 0 aromatic heterocycles. The molecule has 1 aromatic rings. The van der Waals surface area contributed by atoms with Crippen LogP contribution in [0.15, 0.2) is 18.2 Å². The average molecular weight is 218 g/mol. The van der Waals surface area contributed by atoms with Crippen LogP contribution >= 0.6 is 0 Å². The molecule has 1 aromatic carbocycles. The number of aryl methyl sites for hydroxylation is 1. The largest absolute Gasteiger partial charge is 0.508 e. The smallest absolute Gasteiger partial charge is 0.118 e. The zero-order chi connectivity index (χ0) is 12.0. The third-order valence-corrected chi connectivity index (χ3v) is 4.82. The Labute approximate surface area is 98.5 Å². The molecule has 0 heterocycles. The number of benzene rings is 1. The molecule has 1 aliphatic rings. The van der Waals surface area contributed by atoms with Crippen LogP contribution in [0.2, 0.25) is 0 Å². The lowest BCUT2D eigenvalue weighted by Crippen LogP contribution is -2.33. The molecule has 0 amide bonds. The third-order valence-electron chi connectivity index (χ3n) is 4.82. The summed E-state index contributed by atoms with van der Waals surface area (Å²) in [6, 6.07) is 6.18. The first-order valence-electron chi connectivity index (χ1n) is 6.17. The van der Waals surface area contributed by atoms with E-state index in [0.717, 1.165) is 5.56 Å². The van der Waals surface area contributed by atoms with Gasteiger partial charge in [0.05, 0.1) is 0 Å². The van der Waals surface area contributed by atoms with E-state index in [-0.39, 0.29) is 5.41 Å². The number of aromatic hydroxyl groups is 1. The van der Waals surface area contributed by atoms with Crippen LogP contribution in [-0.4, -0.2) is 5.11 Å². The molecule has 0 bridgehead atoms. The second kappa shape index (κ2) is 3.51. The van der Waals surface area contributed by atoms with Crippen molar-refractivity contribution in [2.24, 2.45) is 5.41 Å². The van der Waals surface area contributed by atoms with Crippen LogP contribution in [0.4, 0.5) is 0 Å². The standard InChI is InChI=1S/C15H22O/c1-11-6-7-12(10-13(11)16)15(4)9-5-8-14(15,2)3/h6-7,10,16H,5,8-9H2,1-4H3/t15-/m1/s1. The minimum Gasteiger partial charge on any atom is -0.508 e. The molecule has 16 heavy (non-hydrogen) atoms. The van der Waals surface area contributed by atoms with E-state index in [9.17, 15) is 5.11 Å². The van der Waals surface area contributed by atoms with Gasteiger partial charge in [0, 0.05) is 0 Å². The summed E-state index contributed by atoms with van der Waals surface area (Å²) in [6.07, 6.45) is 3.79. The SMILES string of the molecule is Cc1ccc([C@@]2(C)CCCC2(C)C)cc1O. The molecule has 1 fully saturated rings. The summed E-state index contributed by atoms with van der Waals surface area (Å²) >= 11 is 0. The van der Waals surface area contributed by atoms with Gasteiger partial charge in [-0.1, -0.05) is 39.3 Å². The van der Waals surface area contributed by atoms with E-state index in [1.165, 1.54) is 24.8 Å². The maximum atomic E-state index is 9.85. The summed E-state index contributed by atoms with van der Waals surface area (Å²) in [6.45, 7) is 8.97. The maximum absolute atomic E-state index is 9.85. The van der Waals surface area contributed by atoms with E-state index in [2.05, 4.69) is 26.8 Å². The Bertz CT molecular complexity index is 406. The predicted molar refractivity (Wildman–Crippen MR) is 67.8 cm³/mol. The van der Waals surface area contributed by atoms with Crippen LogP contribution in [0.25, 0.3) is 0 Å². The first-order chi connectivity index (χ1) is 7.37. The van der Waals surface area contributed by atoms with E-state index in [1.807, 2.05) is 19.1 Å². The van der Waals surface area contributed by atoms with Gasteiger partial charge in [-0.15, -0.1) is 0 Å². The van der Waals surface area contributed by atoms with E-state index >= 15 is 0 Å². The van der Waals surface area contributed by atoms with Crippen molar-refractivity contribution >= 4 is 0 Å². The highest BCUT2D eigenvalue weighted by molar-refractivity contribution is 5.40. The van der Waals surface area contributed by atoms with Crippen molar-refractivity contribution in [1.29, 1.82) is 0 Å². The molecule has 1 aliphatic carbocycles. The molecule has 2 rings (SSSR count). The first kappa shape index (κ1) is 11.5. The van der Waals surface area contributed by atoms with Crippen molar-refractivity contribution in [2.75, 3.05) is 0 Å². The molecule has 1 heteroatoms. The van der Waals surface area contributed by atoms with Crippen LogP contribution in [0.1, 0.15) is 51.2 Å². The van der Waals surface area contributed by atoms with Crippen molar-refractivity contribution in [3.8, 4) is 5.75 Å². The molecule has 1 nitrogen and oxygen atoms in total. The van der Waals surface area contributed by atoms with Crippen molar-refractivity contribution < 1.29 is 5.11 Å². The lowest BCUT2D eigenvalue weighted by Gasteiger charge is -2.39. The number of rotatable bonds is 1. The van der Waals surface area contributed by atoms with E-state index in [0.29, 0.717) is 11.2 Å². The minimum absolute atomic E-state index is 0.207. The van der Waals surface area contributed by atoms with Gasteiger partial charge in [-0.3, -0.25) is 0 Å². The van der Waals surface area contributed by atoms with Crippen molar-refractivity contribution in [1.82, 2.24) is 0 Å². The molecule has 0 radical (unpaired) electrons. The zero-order valence-corrected chi connectivity index (χ0v) is 10.8. The second-order valence-corrected chi connectivity index (χ2v) is 6.07. The highest BCUT2D eigenvalue weighted by atomic mass is 16.3. The van der Waals surface area contributed by atoms with Crippen LogP contribution in [0, 0.1) is 12.3 Å². The molecule has 0 saturated heterocycles. The third kappa shape index (κ3) is 1.53. The normalized spacial score (nSPS) is 28.2. The van der Waals surface area contributed by atoms with Gasteiger partial charge in [-0.25, -0.2) is 0 Å². The summed E-state index contributed by atoms with van der Waals surface area (Å²) in [5.41, 5.74) is 2.79. The fraction of sp³-hybridized carbons (Fsp3) is 0.600. The van der Waals surface area contributed by atoms with Gasteiger partial charge in [0.2, 0.25) is 0 Å². The lowest BCUT2D eigenvalue weighted by atomic mass is 9.65. The average Bonchev–Trinajstić information content (AvgIpc) is 2.47. The number of phenols is 1. The quantitative estimate of drug-likeness (QED) is 0.750. The zero-order valence-electron chi connectivity index (χ0n) is 10.8. The molecule has 0 spiro atoms. The summed E-state index contributed by atoms with van der Waals surface area (Å²) in [4.78, 5) is 0. The number of hydrogen-bond acceptors (Lipinski definition) is 1. The van der Waals surface area contributed by atoms with Crippen molar-refractivity contribution in [3.63, 3.8) is 0 Å². The Morgan fingerprint density at radius 3 is 2.31 bits per heavy atom. The topological polar surface area (TPSA) is 20.2 Å². The van der Waals surface area contributed by atoms with Gasteiger partial charge >= 0.3 is 0 Å². The van der Waals surface area contributed by atoms with Gasteiger partial charge < -0.3 is 5.11 Å². The maximum Gasteiger partial charge on any atom is 0.118 e. The molecule has 1 N–H and O–H groups in total. The van der Waals surface area contributed by atoms with Gasteiger partial charge in [0.15, 0.2) is 0 Å². The van der Waals surface area contributed by atoms with Crippen LogP contribution in [0.3, 0.4) is 0 Å². The Kier molecular flexibility index (Phi) is 2.52. The summed E-state index contributed by atoms with van der Waals surface area (Å²) in [5, 5.41) is 9.85. The highest BCUT2D eigenvalue weighted by Gasteiger charge is 2.46.